The van der Waals surface area contributed by atoms with Gasteiger partial charge in [0.2, 0.25) is 5.91 Å². The van der Waals surface area contributed by atoms with Gasteiger partial charge in [-0.25, -0.2) is 9.37 Å². The number of pyridine rings is 1. The summed E-state index contributed by atoms with van der Waals surface area (Å²) in [5.41, 5.74) is 0.819. The van der Waals surface area contributed by atoms with Gasteiger partial charge in [0.05, 0.1) is 11.1 Å². The van der Waals surface area contributed by atoms with Crippen LogP contribution in [0.15, 0.2) is 42.7 Å². The minimum Gasteiger partial charge on any atom is -0.456 e. The van der Waals surface area contributed by atoms with Crippen LogP contribution in [0.5, 0.6) is 11.5 Å². The summed E-state index contributed by atoms with van der Waals surface area (Å²) < 4.78 is 19.5. The third kappa shape index (κ3) is 2.69. The van der Waals surface area contributed by atoms with Crippen LogP contribution in [0.2, 0.25) is 0 Å². The van der Waals surface area contributed by atoms with Crippen LogP contribution in [-0.4, -0.2) is 15.9 Å². The number of aromatic amines is 1. The van der Waals surface area contributed by atoms with Crippen LogP contribution in [0, 0.1) is 5.82 Å². The highest BCUT2D eigenvalue weighted by atomic mass is 19.1. The van der Waals surface area contributed by atoms with E-state index < -0.39 is 5.82 Å². The zero-order chi connectivity index (χ0) is 14.8. The van der Waals surface area contributed by atoms with Gasteiger partial charge in [-0.1, -0.05) is 0 Å². The number of carbonyl (C=O) groups is 1. The van der Waals surface area contributed by atoms with E-state index in [-0.39, 0.29) is 11.6 Å². The highest BCUT2D eigenvalue weighted by Crippen LogP contribution is 2.30. The van der Waals surface area contributed by atoms with E-state index in [9.17, 15) is 9.18 Å². The molecule has 0 spiro atoms. The second kappa shape index (κ2) is 5.24. The van der Waals surface area contributed by atoms with Crippen LogP contribution in [0.4, 0.5) is 10.1 Å². The summed E-state index contributed by atoms with van der Waals surface area (Å²) in [5, 5.41) is 3.21. The van der Waals surface area contributed by atoms with Gasteiger partial charge in [-0.2, -0.15) is 0 Å². The molecule has 0 saturated carbocycles. The number of ether oxygens (including phenoxy) is 1. The Kier molecular flexibility index (Phi) is 3.27. The molecule has 1 amide bonds. The molecule has 0 bridgehead atoms. The normalized spacial score (nSPS) is 10.6. The average Bonchev–Trinajstić information content (AvgIpc) is 2.91. The van der Waals surface area contributed by atoms with Crippen molar-refractivity contribution in [3.63, 3.8) is 0 Å². The number of hydrogen-bond donors (Lipinski definition) is 2. The molecule has 2 heterocycles. The van der Waals surface area contributed by atoms with Gasteiger partial charge < -0.3 is 15.0 Å². The number of halogens is 1. The average molecular weight is 285 g/mol. The molecule has 2 aromatic heterocycles. The second-order valence-electron chi connectivity index (χ2n) is 4.47. The van der Waals surface area contributed by atoms with Crippen molar-refractivity contribution in [2.75, 3.05) is 5.32 Å². The molecule has 3 aromatic rings. The molecule has 0 fully saturated rings. The lowest BCUT2D eigenvalue weighted by molar-refractivity contribution is -0.114. The van der Waals surface area contributed by atoms with E-state index in [4.69, 9.17) is 4.74 Å². The summed E-state index contributed by atoms with van der Waals surface area (Å²) in [7, 11) is 0. The van der Waals surface area contributed by atoms with Gasteiger partial charge in [-0.3, -0.25) is 4.79 Å². The summed E-state index contributed by atoms with van der Waals surface area (Å²) in [4.78, 5) is 18.1. The Morgan fingerprint density at radius 3 is 2.95 bits per heavy atom. The quantitative estimate of drug-likeness (QED) is 0.774. The van der Waals surface area contributed by atoms with Crippen molar-refractivity contribution in [3.8, 4) is 11.5 Å². The SMILES string of the molecule is CC(=O)Nc1ccc(Oc2ccnc3[nH]ccc23)cc1F. The Labute approximate surface area is 119 Å². The van der Waals surface area contributed by atoms with Gasteiger partial charge in [0.1, 0.15) is 23.0 Å². The molecule has 0 saturated heterocycles. The maximum atomic E-state index is 13.9. The fourth-order valence-electron chi connectivity index (χ4n) is 2.00. The van der Waals surface area contributed by atoms with Crippen molar-refractivity contribution in [2.45, 2.75) is 6.92 Å². The van der Waals surface area contributed by atoms with Gasteiger partial charge in [0.25, 0.3) is 0 Å². The van der Waals surface area contributed by atoms with Gasteiger partial charge in [0, 0.05) is 25.4 Å². The largest absolute Gasteiger partial charge is 0.456 e. The van der Waals surface area contributed by atoms with Crippen LogP contribution in [0.3, 0.4) is 0 Å². The number of benzene rings is 1. The van der Waals surface area contributed by atoms with Crippen LogP contribution >= 0.6 is 0 Å². The number of aromatic nitrogens is 2. The Balaban J connectivity index is 1.90. The first kappa shape index (κ1) is 13.1. The highest BCUT2D eigenvalue weighted by Gasteiger charge is 2.09. The van der Waals surface area contributed by atoms with E-state index >= 15 is 0 Å². The van der Waals surface area contributed by atoms with E-state index in [1.807, 2.05) is 6.07 Å². The third-order valence-corrected chi connectivity index (χ3v) is 2.90. The zero-order valence-corrected chi connectivity index (χ0v) is 11.2. The van der Waals surface area contributed by atoms with Crippen molar-refractivity contribution in [3.05, 3.63) is 48.5 Å². The fourth-order valence-corrected chi connectivity index (χ4v) is 2.00. The first-order chi connectivity index (χ1) is 10.1. The van der Waals surface area contributed by atoms with Crippen molar-refractivity contribution in [1.82, 2.24) is 9.97 Å². The summed E-state index contributed by atoms with van der Waals surface area (Å²) in [5.74, 6) is 0.0380. The van der Waals surface area contributed by atoms with Crippen molar-refractivity contribution >= 4 is 22.6 Å². The molecule has 0 aliphatic carbocycles. The minimum atomic E-state index is -0.554. The molecule has 0 aliphatic rings. The van der Waals surface area contributed by atoms with E-state index in [2.05, 4.69) is 15.3 Å². The Hall–Kier alpha value is -2.89. The molecule has 0 radical (unpaired) electrons. The summed E-state index contributed by atoms with van der Waals surface area (Å²) >= 11 is 0. The highest BCUT2D eigenvalue weighted by molar-refractivity contribution is 5.88. The Bertz CT molecular complexity index is 814. The standard InChI is InChI=1S/C15H12FN3O2/c1-9(20)19-13-3-2-10(8-12(13)16)21-14-5-7-18-15-11(14)4-6-17-15/h2-8H,1H3,(H,17,18)(H,19,20). The van der Waals surface area contributed by atoms with Gasteiger partial charge in [-0.05, 0) is 24.3 Å². The number of fused-ring (bicyclic) bond motifs is 1. The van der Waals surface area contributed by atoms with Crippen molar-refractivity contribution < 1.29 is 13.9 Å². The molecule has 21 heavy (non-hydrogen) atoms. The summed E-state index contributed by atoms with van der Waals surface area (Å²) in [6.07, 6.45) is 3.36. The number of carbonyl (C=O) groups excluding carboxylic acids is 1. The van der Waals surface area contributed by atoms with E-state index in [1.165, 1.54) is 19.1 Å². The number of hydrogen-bond acceptors (Lipinski definition) is 3. The topological polar surface area (TPSA) is 67.0 Å². The molecule has 106 valence electrons. The number of nitrogens with zero attached hydrogens (tertiary/aromatic N) is 1. The molecule has 0 aliphatic heterocycles. The molecule has 5 nitrogen and oxygen atoms in total. The lowest BCUT2D eigenvalue weighted by atomic mass is 10.2. The van der Waals surface area contributed by atoms with Gasteiger partial charge >= 0.3 is 0 Å². The molecule has 0 atom stereocenters. The summed E-state index contributed by atoms with van der Waals surface area (Å²) in [6, 6.07) is 7.81. The fraction of sp³-hybridized carbons (Fsp3) is 0.0667. The maximum absolute atomic E-state index is 13.9. The van der Waals surface area contributed by atoms with Crippen LogP contribution in [0.25, 0.3) is 11.0 Å². The smallest absolute Gasteiger partial charge is 0.221 e. The lowest BCUT2D eigenvalue weighted by Gasteiger charge is -2.09. The molecular formula is C15H12FN3O2. The van der Waals surface area contributed by atoms with Gasteiger partial charge in [-0.15, -0.1) is 0 Å². The monoisotopic (exact) mass is 285 g/mol. The minimum absolute atomic E-state index is 0.122. The van der Waals surface area contributed by atoms with E-state index in [0.717, 1.165) is 5.39 Å². The van der Waals surface area contributed by atoms with E-state index in [0.29, 0.717) is 17.1 Å². The number of anilines is 1. The Morgan fingerprint density at radius 2 is 2.19 bits per heavy atom. The molecule has 1 aromatic carbocycles. The zero-order valence-electron chi connectivity index (χ0n) is 11.2. The third-order valence-electron chi connectivity index (χ3n) is 2.90. The molecule has 2 N–H and O–H groups in total. The summed E-state index contributed by atoms with van der Waals surface area (Å²) in [6.45, 7) is 1.32. The molecule has 0 unspecified atom stereocenters. The lowest BCUT2D eigenvalue weighted by Crippen LogP contribution is -2.07. The van der Waals surface area contributed by atoms with Gasteiger partial charge in [0.15, 0.2) is 0 Å². The van der Waals surface area contributed by atoms with Crippen LogP contribution < -0.4 is 10.1 Å². The number of rotatable bonds is 3. The molecule has 6 heteroatoms. The van der Waals surface area contributed by atoms with Crippen molar-refractivity contribution in [1.29, 1.82) is 0 Å². The molecule has 3 rings (SSSR count). The second-order valence-corrected chi connectivity index (χ2v) is 4.47. The van der Waals surface area contributed by atoms with Crippen LogP contribution in [-0.2, 0) is 4.79 Å². The first-order valence-electron chi connectivity index (χ1n) is 6.30. The first-order valence-corrected chi connectivity index (χ1v) is 6.30. The predicted octanol–water partition coefficient (Wildman–Crippen LogP) is 3.45. The Morgan fingerprint density at radius 1 is 1.33 bits per heavy atom. The van der Waals surface area contributed by atoms with Crippen molar-refractivity contribution in [2.24, 2.45) is 0 Å². The van der Waals surface area contributed by atoms with E-state index in [1.54, 1.807) is 24.5 Å². The maximum Gasteiger partial charge on any atom is 0.221 e. The van der Waals surface area contributed by atoms with Crippen LogP contribution in [0.1, 0.15) is 6.92 Å². The number of H-pyrrole nitrogens is 1. The number of nitrogens with one attached hydrogen (secondary N) is 2. The number of amides is 1. The molecular weight excluding hydrogens is 273 g/mol. The predicted molar refractivity (Wildman–Crippen MR) is 76.9 cm³/mol.